The quantitative estimate of drug-likeness (QED) is 0.569. The minimum Gasteiger partial charge on any atom is -0.441 e. The van der Waals surface area contributed by atoms with Gasteiger partial charge in [0.25, 0.3) is 0 Å². The Bertz CT molecular complexity index is 174. The third-order valence-corrected chi connectivity index (χ3v) is 1.69. The van der Waals surface area contributed by atoms with Gasteiger partial charge in [-0.1, -0.05) is 0 Å². The first-order valence-corrected chi connectivity index (χ1v) is 3.67. The lowest BCUT2D eigenvalue weighted by Gasteiger charge is -2.20. The summed E-state index contributed by atoms with van der Waals surface area (Å²) in [4.78, 5) is 2.95. The number of hydrogen-bond donors (Lipinski definition) is 1. The highest BCUT2D eigenvalue weighted by atomic mass is 32.2. The standard InChI is InChI=1S/C5H6N2O2S/c1-4-10-6-7(1)5-8-2-3-9-5/h1-6H. The molecule has 0 atom stereocenters. The molecule has 2 heterocycles. The largest absolute Gasteiger partial charge is 0.441 e. The molecule has 0 aliphatic carbocycles. The fourth-order valence-electron chi connectivity index (χ4n) is 0.693. The molecule has 54 valence electrons. The Kier molecular flexibility index (Phi) is 1.44. The molecule has 2 aliphatic heterocycles. The average molecular weight is 158 g/mol. The molecule has 0 bridgehead atoms. The van der Waals surface area contributed by atoms with E-state index in [0.29, 0.717) is 0 Å². The maximum Gasteiger partial charge on any atom is 0.340 e. The Labute approximate surface area is 62.6 Å². The molecule has 1 N–H and O–H groups in total. The molecule has 0 amide bonds. The van der Waals surface area contributed by atoms with Gasteiger partial charge in [-0.3, -0.25) is 0 Å². The summed E-state index contributed by atoms with van der Waals surface area (Å²) in [6.07, 6.45) is 4.54. The number of nitrogens with zero attached hydrogens (tertiary/aromatic N) is 1. The molecule has 0 aromatic heterocycles. The van der Waals surface area contributed by atoms with Gasteiger partial charge in [0.2, 0.25) is 0 Å². The predicted octanol–water partition coefficient (Wildman–Crippen LogP) is 0.728. The second-order valence-electron chi connectivity index (χ2n) is 1.75. The van der Waals surface area contributed by atoms with Crippen molar-refractivity contribution < 1.29 is 9.47 Å². The predicted molar refractivity (Wildman–Crippen MR) is 36.8 cm³/mol. The highest BCUT2D eigenvalue weighted by Gasteiger charge is 2.21. The molecule has 10 heavy (non-hydrogen) atoms. The minimum atomic E-state index is -0.341. The third-order valence-electron chi connectivity index (χ3n) is 1.12. The van der Waals surface area contributed by atoms with Crippen LogP contribution in [0, 0.1) is 0 Å². The molecule has 0 spiro atoms. The van der Waals surface area contributed by atoms with Crippen LogP contribution in [-0.4, -0.2) is 11.4 Å². The van der Waals surface area contributed by atoms with Gasteiger partial charge in [-0.25, -0.2) is 5.01 Å². The van der Waals surface area contributed by atoms with Gasteiger partial charge in [-0.05, 0) is 11.9 Å². The summed E-state index contributed by atoms with van der Waals surface area (Å²) in [5.41, 5.74) is 0. The van der Waals surface area contributed by atoms with Crippen LogP contribution in [-0.2, 0) is 9.47 Å². The first-order valence-electron chi connectivity index (χ1n) is 2.79. The summed E-state index contributed by atoms with van der Waals surface area (Å²) in [6.45, 7) is 0. The Balaban J connectivity index is 1.93. The van der Waals surface area contributed by atoms with Crippen molar-refractivity contribution in [2.45, 2.75) is 6.41 Å². The molecule has 0 aromatic rings. The van der Waals surface area contributed by atoms with Gasteiger partial charge in [0.15, 0.2) is 0 Å². The number of hydrazine groups is 1. The fourth-order valence-corrected chi connectivity index (χ4v) is 1.21. The zero-order valence-corrected chi connectivity index (χ0v) is 5.88. The Morgan fingerprint density at radius 3 is 2.80 bits per heavy atom. The minimum absolute atomic E-state index is 0.341. The lowest BCUT2D eigenvalue weighted by molar-refractivity contribution is -0.125. The number of nitrogens with one attached hydrogen (secondary N) is 1. The van der Waals surface area contributed by atoms with Gasteiger partial charge in [0.05, 0.1) is 0 Å². The molecule has 2 aliphatic rings. The molecular formula is C5H6N2O2S. The van der Waals surface area contributed by atoms with E-state index in [9.17, 15) is 0 Å². The molecule has 0 saturated heterocycles. The highest BCUT2D eigenvalue weighted by Crippen LogP contribution is 2.16. The third kappa shape index (κ3) is 0.932. The lowest BCUT2D eigenvalue weighted by Crippen LogP contribution is -2.36. The van der Waals surface area contributed by atoms with E-state index in [4.69, 9.17) is 9.47 Å². The molecule has 0 fully saturated rings. The first kappa shape index (κ1) is 5.94. The molecule has 0 unspecified atom stereocenters. The maximum absolute atomic E-state index is 5.03. The van der Waals surface area contributed by atoms with E-state index >= 15 is 0 Å². The summed E-state index contributed by atoms with van der Waals surface area (Å²) < 4.78 is 10.1. The van der Waals surface area contributed by atoms with Crippen molar-refractivity contribution >= 4 is 11.9 Å². The smallest absolute Gasteiger partial charge is 0.340 e. The average Bonchev–Trinajstić information content (AvgIpc) is 2.59. The van der Waals surface area contributed by atoms with Crippen LogP contribution in [0.2, 0.25) is 0 Å². The summed E-state index contributed by atoms with van der Waals surface area (Å²) in [5.74, 6) is 0. The van der Waals surface area contributed by atoms with Crippen LogP contribution in [0.4, 0.5) is 0 Å². The number of ether oxygens (including phenoxy) is 2. The van der Waals surface area contributed by atoms with Crippen molar-refractivity contribution in [3.05, 3.63) is 24.1 Å². The van der Waals surface area contributed by atoms with Crippen LogP contribution in [0.1, 0.15) is 0 Å². The number of rotatable bonds is 1. The van der Waals surface area contributed by atoms with Crippen LogP contribution in [0.3, 0.4) is 0 Å². The Hall–Kier alpha value is -0.810. The molecule has 2 rings (SSSR count). The maximum atomic E-state index is 5.03. The van der Waals surface area contributed by atoms with Crippen molar-refractivity contribution in [2.24, 2.45) is 0 Å². The molecule has 0 radical (unpaired) electrons. The van der Waals surface area contributed by atoms with Gasteiger partial charge in [-0.2, -0.15) is 4.83 Å². The van der Waals surface area contributed by atoms with Crippen LogP contribution < -0.4 is 4.83 Å². The van der Waals surface area contributed by atoms with Crippen LogP contribution >= 0.6 is 11.9 Å². The van der Waals surface area contributed by atoms with E-state index < -0.39 is 0 Å². The van der Waals surface area contributed by atoms with E-state index in [0.717, 1.165) is 0 Å². The summed E-state index contributed by atoms with van der Waals surface area (Å²) in [7, 11) is 0. The second-order valence-corrected chi connectivity index (χ2v) is 2.44. The number of hydrogen-bond acceptors (Lipinski definition) is 5. The zero-order chi connectivity index (χ0) is 6.81. The van der Waals surface area contributed by atoms with Crippen molar-refractivity contribution in [2.75, 3.05) is 0 Å². The Morgan fingerprint density at radius 1 is 1.40 bits per heavy atom. The fraction of sp³-hybridized carbons (Fsp3) is 0.200. The van der Waals surface area contributed by atoms with Gasteiger partial charge in [0, 0.05) is 11.6 Å². The van der Waals surface area contributed by atoms with Crippen LogP contribution in [0.25, 0.3) is 0 Å². The molecular weight excluding hydrogens is 152 g/mol. The lowest BCUT2D eigenvalue weighted by atomic mass is 10.9. The summed E-state index contributed by atoms with van der Waals surface area (Å²) in [5, 5.41) is 3.63. The highest BCUT2D eigenvalue weighted by molar-refractivity contribution is 8.00. The van der Waals surface area contributed by atoms with Gasteiger partial charge < -0.3 is 9.47 Å². The SMILES string of the molecule is C1=COC(N2C=CSN2)O1. The normalized spacial score (nSPS) is 23.4. The van der Waals surface area contributed by atoms with E-state index in [2.05, 4.69) is 4.83 Å². The van der Waals surface area contributed by atoms with Crippen LogP contribution in [0.5, 0.6) is 0 Å². The Morgan fingerprint density at radius 2 is 2.20 bits per heavy atom. The van der Waals surface area contributed by atoms with Gasteiger partial charge in [0.1, 0.15) is 12.5 Å². The van der Waals surface area contributed by atoms with Crippen LogP contribution in [0.15, 0.2) is 24.1 Å². The van der Waals surface area contributed by atoms with E-state index in [1.54, 1.807) is 5.01 Å². The second kappa shape index (κ2) is 2.43. The first-order chi connectivity index (χ1) is 4.97. The zero-order valence-electron chi connectivity index (χ0n) is 5.06. The summed E-state index contributed by atoms with van der Waals surface area (Å²) in [6, 6.07) is 0. The van der Waals surface area contributed by atoms with Crippen molar-refractivity contribution in [3.63, 3.8) is 0 Å². The van der Waals surface area contributed by atoms with E-state index in [1.807, 2.05) is 11.6 Å². The monoisotopic (exact) mass is 158 g/mol. The molecule has 0 aromatic carbocycles. The van der Waals surface area contributed by atoms with Gasteiger partial charge >= 0.3 is 6.41 Å². The summed E-state index contributed by atoms with van der Waals surface area (Å²) >= 11 is 1.48. The van der Waals surface area contributed by atoms with Crippen molar-refractivity contribution in [3.8, 4) is 0 Å². The van der Waals surface area contributed by atoms with Crippen molar-refractivity contribution in [1.82, 2.24) is 9.84 Å². The molecule has 5 heteroatoms. The molecule has 4 nitrogen and oxygen atoms in total. The molecule has 0 saturated carbocycles. The van der Waals surface area contributed by atoms with Crippen molar-refractivity contribution in [1.29, 1.82) is 0 Å². The van der Waals surface area contributed by atoms with Gasteiger partial charge in [-0.15, -0.1) is 0 Å². The van der Waals surface area contributed by atoms with E-state index in [1.165, 1.54) is 24.5 Å². The topological polar surface area (TPSA) is 33.7 Å². The van der Waals surface area contributed by atoms with E-state index in [-0.39, 0.29) is 6.41 Å².